The van der Waals surface area contributed by atoms with E-state index in [0.29, 0.717) is 10.8 Å². The highest BCUT2D eigenvalue weighted by atomic mass is 16.4. The van der Waals surface area contributed by atoms with E-state index >= 15 is 0 Å². The molecule has 1 heterocycles. The summed E-state index contributed by atoms with van der Waals surface area (Å²) in [5, 5.41) is 19.5. The number of aromatic carboxylic acids is 1. The number of aromatic nitrogens is 1. The molecule has 0 fully saturated rings. The van der Waals surface area contributed by atoms with Gasteiger partial charge in [0.25, 0.3) is 0 Å². The highest BCUT2D eigenvalue weighted by Crippen LogP contribution is 2.28. The molecule has 2 N–H and O–H groups in total. The Morgan fingerprint density at radius 1 is 1.33 bits per heavy atom. The minimum atomic E-state index is -1.09. The quantitative estimate of drug-likeness (QED) is 0.743. The molecule has 15 heavy (non-hydrogen) atoms. The Kier molecular flexibility index (Phi) is 2.04. The first-order valence-electron chi connectivity index (χ1n) is 4.42. The van der Waals surface area contributed by atoms with Crippen LogP contribution in [0.5, 0.6) is 5.75 Å². The Bertz CT molecular complexity index is 549. The smallest absolute Gasteiger partial charge is 0.355 e. The van der Waals surface area contributed by atoms with Crippen molar-refractivity contribution in [2.45, 2.75) is 6.92 Å². The van der Waals surface area contributed by atoms with E-state index in [1.54, 1.807) is 25.1 Å². The van der Waals surface area contributed by atoms with Gasteiger partial charge in [-0.15, -0.1) is 0 Å². The van der Waals surface area contributed by atoms with Crippen LogP contribution in [0.15, 0.2) is 24.4 Å². The zero-order valence-electron chi connectivity index (χ0n) is 8.06. The molecule has 0 spiro atoms. The molecule has 0 aliphatic carbocycles. The van der Waals surface area contributed by atoms with E-state index in [-0.39, 0.29) is 11.4 Å². The second kappa shape index (κ2) is 3.24. The van der Waals surface area contributed by atoms with Crippen molar-refractivity contribution in [3.63, 3.8) is 0 Å². The van der Waals surface area contributed by atoms with Crippen molar-refractivity contribution in [3.05, 3.63) is 35.7 Å². The van der Waals surface area contributed by atoms with E-state index in [1.165, 1.54) is 6.20 Å². The average molecular weight is 203 g/mol. The van der Waals surface area contributed by atoms with E-state index in [1.807, 2.05) is 0 Å². The van der Waals surface area contributed by atoms with Crippen molar-refractivity contribution in [3.8, 4) is 5.75 Å². The minimum absolute atomic E-state index is 0.0269. The Labute approximate surface area is 85.8 Å². The van der Waals surface area contributed by atoms with Crippen molar-refractivity contribution in [1.82, 2.24) is 4.98 Å². The third-order valence-corrected chi connectivity index (χ3v) is 2.32. The first-order valence-corrected chi connectivity index (χ1v) is 4.42. The van der Waals surface area contributed by atoms with Gasteiger partial charge < -0.3 is 10.2 Å². The van der Waals surface area contributed by atoms with E-state index in [0.717, 1.165) is 5.56 Å². The summed E-state index contributed by atoms with van der Waals surface area (Å²) in [4.78, 5) is 14.7. The molecule has 0 unspecified atom stereocenters. The molecule has 76 valence electrons. The van der Waals surface area contributed by atoms with E-state index < -0.39 is 5.97 Å². The molecule has 0 aliphatic heterocycles. The van der Waals surface area contributed by atoms with Crippen LogP contribution >= 0.6 is 0 Å². The molecular weight excluding hydrogens is 194 g/mol. The van der Waals surface area contributed by atoms with Crippen molar-refractivity contribution >= 4 is 16.7 Å². The molecule has 0 radical (unpaired) electrons. The SMILES string of the molecule is Cc1ccc(O)c2ccnc(C(=O)O)c12. The largest absolute Gasteiger partial charge is 0.507 e. The number of phenols is 1. The number of rotatable bonds is 1. The number of nitrogens with zero attached hydrogens (tertiary/aromatic N) is 1. The van der Waals surface area contributed by atoms with Gasteiger partial charge in [0, 0.05) is 17.0 Å². The van der Waals surface area contributed by atoms with Gasteiger partial charge in [-0.25, -0.2) is 9.78 Å². The van der Waals surface area contributed by atoms with Crippen molar-refractivity contribution in [2.24, 2.45) is 0 Å². The number of carbonyl (C=O) groups is 1. The van der Waals surface area contributed by atoms with Gasteiger partial charge in [-0.2, -0.15) is 0 Å². The molecule has 4 heteroatoms. The molecule has 4 nitrogen and oxygen atoms in total. The molecule has 0 atom stereocenters. The lowest BCUT2D eigenvalue weighted by atomic mass is 10.0. The predicted molar refractivity (Wildman–Crippen MR) is 55.1 cm³/mol. The van der Waals surface area contributed by atoms with E-state index in [9.17, 15) is 9.90 Å². The standard InChI is InChI=1S/C11H9NO3/c1-6-2-3-8(13)7-4-5-12-10(9(6)7)11(14)15/h2-5,13H,1H3,(H,14,15). The summed E-state index contributed by atoms with van der Waals surface area (Å²) in [5.41, 5.74) is 0.759. The van der Waals surface area contributed by atoms with Gasteiger partial charge >= 0.3 is 5.97 Å². The van der Waals surface area contributed by atoms with Gasteiger partial charge in [0.15, 0.2) is 5.69 Å². The van der Waals surface area contributed by atoms with E-state index in [4.69, 9.17) is 5.11 Å². The van der Waals surface area contributed by atoms with Crippen LogP contribution < -0.4 is 0 Å². The second-order valence-corrected chi connectivity index (χ2v) is 3.29. The average Bonchev–Trinajstić information content (AvgIpc) is 2.23. The first-order chi connectivity index (χ1) is 7.11. The fraction of sp³-hybridized carbons (Fsp3) is 0.0909. The number of pyridine rings is 1. The Morgan fingerprint density at radius 2 is 2.07 bits per heavy atom. The lowest BCUT2D eigenvalue weighted by molar-refractivity contribution is 0.0693. The molecule has 0 amide bonds. The Morgan fingerprint density at radius 3 is 2.73 bits per heavy atom. The van der Waals surface area contributed by atoms with Gasteiger partial charge in [-0.05, 0) is 24.6 Å². The van der Waals surface area contributed by atoms with Crippen LogP contribution in [0.25, 0.3) is 10.8 Å². The zero-order chi connectivity index (χ0) is 11.0. The molecule has 1 aromatic carbocycles. The number of carboxylic acid groups (broad SMARTS) is 1. The Hall–Kier alpha value is -2.10. The number of aryl methyl sites for hydroxylation is 1. The summed E-state index contributed by atoms with van der Waals surface area (Å²) >= 11 is 0. The second-order valence-electron chi connectivity index (χ2n) is 3.29. The number of phenolic OH excluding ortho intramolecular Hbond substituents is 1. The summed E-state index contributed by atoms with van der Waals surface area (Å²) in [5.74, 6) is -1.02. The first kappa shape index (κ1) is 9.45. The summed E-state index contributed by atoms with van der Waals surface area (Å²) in [6, 6.07) is 4.82. The van der Waals surface area contributed by atoms with Crippen LogP contribution in [0.4, 0.5) is 0 Å². The van der Waals surface area contributed by atoms with Crippen molar-refractivity contribution in [2.75, 3.05) is 0 Å². The maximum absolute atomic E-state index is 10.9. The van der Waals surface area contributed by atoms with Crippen LogP contribution in [0.2, 0.25) is 0 Å². The summed E-state index contributed by atoms with van der Waals surface area (Å²) in [6.07, 6.45) is 1.38. The Balaban J connectivity index is 2.96. The minimum Gasteiger partial charge on any atom is -0.507 e. The van der Waals surface area contributed by atoms with E-state index in [2.05, 4.69) is 4.98 Å². The lowest BCUT2D eigenvalue weighted by Crippen LogP contribution is -2.01. The molecule has 0 saturated carbocycles. The molecular formula is C11H9NO3. The summed E-state index contributed by atoms with van der Waals surface area (Å²) < 4.78 is 0. The molecule has 0 aliphatic rings. The highest BCUT2D eigenvalue weighted by molar-refractivity contribution is 6.04. The van der Waals surface area contributed by atoms with Crippen molar-refractivity contribution < 1.29 is 15.0 Å². The monoisotopic (exact) mass is 203 g/mol. The number of benzene rings is 1. The maximum Gasteiger partial charge on any atom is 0.355 e. The third kappa shape index (κ3) is 1.40. The molecule has 1 aromatic heterocycles. The number of fused-ring (bicyclic) bond motifs is 1. The topological polar surface area (TPSA) is 70.4 Å². The highest BCUT2D eigenvalue weighted by Gasteiger charge is 2.13. The third-order valence-electron chi connectivity index (χ3n) is 2.32. The van der Waals surface area contributed by atoms with Crippen LogP contribution in [-0.4, -0.2) is 21.2 Å². The predicted octanol–water partition coefficient (Wildman–Crippen LogP) is 1.95. The van der Waals surface area contributed by atoms with Crippen LogP contribution in [0.3, 0.4) is 0 Å². The molecule has 2 rings (SSSR count). The number of aromatic hydroxyl groups is 1. The normalized spacial score (nSPS) is 10.5. The van der Waals surface area contributed by atoms with Gasteiger partial charge in [-0.3, -0.25) is 0 Å². The van der Waals surface area contributed by atoms with Crippen molar-refractivity contribution in [1.29, 1.82) is 0 Å². The molecule has 0 bridgehead atoms. The maximum atomic E-state index is 10.9. The van der Waals surface area contributed by atoms with Gasteiger partial charge in [0.05, 0.1) is 0 Å². The van der Waals surface area contributed by atoms with Crippen LogP contribution in [0.1, 0.15) is 16.1 Å². The number of hydrogen-bond donors (Lipinski definition) is 2. The van der Waals surface area contributed by atoms with Gasteiger partial charge in [0.2, 0.25) is 0 Å². The zero-order valence-corrected chi connectivity index (χ0v) is 8.06. The fourth-order valence-corrected chi connectivity index (χ4v) is 1.61. The van der Waals surface area contributed by atoms with Gasteiger partial charge in [0.1, 0.15) is 5.75 Å². The lowest BCUT2D eigenvalue weighted by Gasteiger charge is -2.06. The summed E-state index contributed by atoms with van der Waals surface area (Å²) in [6.45, 7) is 1.79. The number of hydrogen-bond acceptors (Lipinski definition) is 3. The number of carboxylic acids is 1. The molecule has 2 aromatic rings. The summed E-state index contributed by atoms with van der Waals surface area (Å²) in [7, 11) is 0. The van der Waals surface area contributed by atoms with Gasteiger partial charge in [-0.1, -0.05) is 6.07 Å². The fourth-order valence-electron chi connectivity index (χ4n) is 1.61. The molecule has 0 saturated heterocycles. The van der Waals surface area contributed by atoms with Crippen LogP contribution in [-0.2, 0) is 0 Å². The van der Waals surface area contributed by atoms with Crippen LogP contribution in [0, 0.1) is 6.92 Å².